The molecule has 0 aliphatic carbocycles. The maximum Gasteiger partial charge on any atom is 0.407 e. The Morgan fingerprint density at radius 3 is 2.27 bits per heavy atom. The molecule has 0 aliphatic heterocycles. The number of aromatic nitrogens is 2. The molecule has 0 aliphatic rings. The molecule has 1 heterocycles. The number of carbonyl (C=O) groups excluding carboxylic acids is 1. The van der Waals surface area contributed by atoms with Crippen LogP contribution in [0, 0.1) is 5.92 Å². The molecule has 0 bridgehead atoms. The Bertz CT molecular complexity index is 1030. The Kier molecular flexibility index (Phi) is 8.12. The zero-order valence-corrected chi connectivity index (χ0v) is 19.5. The van der Waals surface area contributed by atoms with E-state index < -0.39 is 6.09 Å². The van der Waals surface area contributed by atoms with E-state index in [2.05, 4.69) is 15.5 Å². The van der Waals surface area contributed by atoms with Crippen molar-refractivity contribution in [2.45, 2.75) is 32.9 Å². The molecule has 0 saturated carbocycles. The number of methoxy groups -OCH3 is 3. The van der Waals surface area contributed by atoms with Crippen LogP contribution in [-0.4, -0.2) is 43.6 Å². The van der Waals surface area contributed by atoms with Crippen molar-refractivity contribution in [1.82, 2.24) is 15.5 Å². The summed E-state index contributed by atoms with van der Waals surface area (Å²) >= 11 is 0. The summed E-state index contributed by atoms with van der Waals surface area (Å²) in [6.07, 6.45) is -0.142. The van der Waals surface area contributed by atoms with Crippen molar-refractivity contribution in [1.29, 1.82) is 0 Å². The first-order valence-corrected chi connectivity index (χ1v) is 10.5. The van der Waals surface area contributed by atoms with Crippen LogP contribution in [0.15, 0.2) is 47.0 Å². The van der Waals surface area contributed by atoms with Gasteiger partial charge in [0.1, 0.15) is 6.61 Å². The van der Waals surface area contributed by atoms with Crippen molar-refractivity contribution >= 4 is 6.09 Å². The van der Waals surface area contributed by atoms with Crippen LogP contribution < -0.4 is 19.5 Å². The molecule has 3 aromatic rings. The van der Waals surface area contributed by atoms with Gasteiger partial charge in [0.05, 0.1) is 21.3 Å². The topological polar surface area (TPSA) is 105 Å². The molecule has 1 aromatic heterocycles. The average Bonchev–Trinajstić information content (AvgIpc) is 3.30. The number of amides is 1. The smallest absolute Gasteiger partial charge is 0.407 e. The van der Waals surface area contributed by atoms with Gasteiger partial charge in [0.25, 0.3) is 0 Å². The highest BCUT2D eigenvalue weighted by Crippen LogP contribution is 2.40. The normalized spacial score (nSPS) is 11.7. The van der Waals surface area contributed by atoms with E-state index in [9.17, 15) is 4.79 Å². The molecule has 9 nitrogen and oxygen atoms in total. The Hall–Kier alpha value is -3.75. The Morgan fingerprint density at radius 1 is 1.03 bits per heavy atom. The zero-order valence-electron chi connectivity index (χ0n) is 19.5. The van der Waals surface area contributed by atoms with Crippen molar-refractivity contribution < 1.29 is 28.3 Å². The van der Waals surface area contributed by atoms with Gasteiger partial charge in [0.15, 0.2) is 11.5 Å². The Morgan fingerprint density at radius 2 is 1.70 bits per heavy atom. The third-order valence-corrected chi connectivity index (χ3v) is 5.11. The molecule has 0 radical (unpaired) electrons. The molecule has 2 aromatic carbocycles. The number of hydrogen-bond donors (Lipinski definition) is 1. The maximum atomic E-state index is 12.3. The number of rotatable bonds is 10. The molecular formula is C24H29N3O6. The number of alkyl carbamates (subject to hydrolysis) is 1. The summed E-state index contributed by atoms with van der Waals surface area (Å²) in [6.45, 7) is 4.20. The van der Waals surface area contributed by atoms with Crippen LogP contribution in [0.1, 0.15) is 25.3 Å². The molecule has 0 spiro atoms. The van der Waals surface area contributed by atoms with Crippen LogP contribution in [0.4, 0.5) is 4.79 Å². The van der Waals surface area contributed by atoms with Gasteiger partial charge in [0, 0.05) is 18.0 Å². The predicted octanol–water partition coefficient (Wildman–Crippen LogP) is 4.26. The third-order valence-electron chi connectivity index (χ3n) is 5.11. The van der Waals surface area contributed by atoms with Crippen LogP contribution in [0.3, 0.4) is 0 Å². The third kappa shape index (κ3) is 6.15. The van der Waals surface area contributed by atoms with E-state index in [0.717, 1.165) is 5.56 Å². The minimum absolute atomic E-state index is 0.116. The standard InChI is InChI=1S/C24H29N3O6/c1-15(2)18(25-24(28)32-14-16-9-7-6-8-10-16)13-21-26-23(27-33-21)17-11-19(29-3)22(31-5)20(12-17)30-4/h6-12,15,18H,13-14H2,1-5H3,(H,25,28)/t18-/m1/s1. The highest BCUT2D eigenvalue weighted by atomic mass is 16.5. The second kappa shape index (κ2) is 11.2. The van der Waals surface area contributed by atoms with Gasteiger partial charge < -0.3 is 28.8 Å². The van der Waals surface area contributed by atoms with Gasteiger partial charge >= 0.3 is 6.09 Å². The van der Waals surface area contributed by atoms with Gasteiger partial charge in [-0.2, -0.15) is 4.98 Å². The lowest BCUT2D eigenvalue weighted by atomic mass is 10.0. The van der Waals surface area contributed by atoms with Crippen molar-refractivity contribution in [3.63, 3.8) is 0 Å². The highest BCUT2D eigenvalue weighted by Gasteiger charge is 2.22. The van der Waals surface area contributed by atoms with Gasteiger partial charge in [-0.3, -0.25) is 0 Å². The van der Waals surface area contributed by atoms with Gasteiger partial charge in [-0.15, -0.1) is 0 Å². The van der Waals surface area contributed by atoms with Crippen LogP contribution in [0.5, 0.6) is 17.2 Å². The summed E-state index contributed by atoms with van der Waals surface area (Å²) in [5.74, 6) is 2.33. The first-order chi connectivity index (χ1) is 15.9. The van der Waals surface area contributed by atoms with Gasteiger partial charge in [-0.05, 0) is 23.6 Å². The van der Waals surface area contributed by atoms with Gasteiger partial charge in [-0.25, -0.2) is 4.79 Å². The van der Waals surface area contributed by atoms with E-state index in [-0.39, 0.29) is 18.6 Å². The summed E-state index contributed by atoms with van der Waals surface area (Å²) < 4.78 is 26.9. The summed E-state index contributed by atoms with van der Waals surface area (Å²) in [6, 6.07) is 12.7. The fourth-order valence-corrected chi connectivity index (χ4v) is 3.22. The molecule has 3 rings (SSSR count). The number of nitrogens with one attached hydrogen (secondary N) is 1. The number of hydrogen-bond acceptors (Lipinski definition) is 8. The van der Waals surface area contributed by atoms with Crippen molar-refractivity contribution in [3.05, 3.63) is 53.9 Å². The monoisotopic (exact) mass is 455 g/mol. The lowest BCUT2D eigenvalue weighted by Gasteiger charge is -2.20. The summed E-state index contributed by atoms with van der Waals surface area (Å²) in [5, 5.41) is 6.97. The molecule has 1 amide bonds. The van der Waals surface area contributed by atoms with Gasteiger partial charge in [0.2, 0.25) is 17.5 Å². The molecule has 1 N–H and O–H groups in total. The Labute approximate surface area is 193 Å². The fourth-order valence-electron chi connectivity index (χ4n) is 3.22. The molecule has 0 saturated heterocycles. The first kappa shape index (κ1) is 23.9. The van der Waals surface area contributed by atoms with Crippen molar-refractivity contribution in [2.24, 2.45) is 5.92 Å². The first-order valence-electron chi connectivity index (χ1n) is 10.5. The Balaban J connectivity index is 1.69. The molecule has 0 fully saturated rings. The molecule has 176 valence electrons. The molecule has 33 heavy (non-hydrogen) atoms. The van der Waals surface area contributed by atoms with Crippen LogP contribution >= 0.6 is 0 Å². The average molecular weight is 456 g/mol. The maximum absolute atomic E-state index is 12.3. The minimum Gasteiger partial charge on any atom is -0.493 e. The quantitative estimate of drug-likeness (QED) is 0.484. The van der Waals surface area contributed by atoms with E-state index in [1.165, 1.54) is 7.11 Å². The molecule has 0 unspecified atom stereocenters. The van der Waals surface area contributed by atoms with Crippen molar-refractivity contribution in [2.75, 3.05) is 21.3 Å². The van der Waals surface area contributed by atoms with Crippen LogP contribution in [-0.2, 0) is 17.8 Å². The number of carbonyl (C=O) groups is 1. The highest BCUT2D eigenvalue weighted by molar-refractivity contribution is 5.68. The van der Waals surface area contributed by atoms with Crippen LogP contribution in [0.25, 0.3) is 11.4 Å². The molecule has 9 heteroatoms. The second-order valence-electron chi connectivity index (χ2n) is 7.69. The molecule has 1 atom stereocenters. The summed E-state index contributed by atoms with van der Waals surface area (Å²) in [7, 11) is 4.62. The summed E-state index contributed by atoms with van der Waals surface area (Å²) in [4.78, 5) is 16.8. The second-order valence-corrected chi connectivity index (χ2v) is 7.69. The van der Waals surface area contributed by atoms with E-state index in [1.807, 2.05) is 44.2 Å². The largest absolute Gasteiger partial charge is 0.493 e. The van der Waals surface area contributed by atoms with E-state index in [1.54, 1.807) is 26.4 Å². The SMILES string of the molecule is COc1cc(-c2noc(C[C@@H](NC(=O)OCc3ccccc3)C(C)C)n2)cc(OC)c1OC. The number of nitrogens with zero attached hydrogens (tertiary/aromatic N) is 2. The van der Waals surface area contributed by atoms with Crippen LogP contribution in [0.2, 0.25) is 0 Å². The zero-order chi connectivity index (χ0) is 23.8. The fraction of sp³-hybridized carbons (Fsp3) is 0.375. The van der Waals surface area contributed by atoms with E-state index in [4.69, 9.17) is 23.5 Å². The lowest BCUT2D eigenvalue weighted by molar-refractivity contribution is 0.132. The number of ether oxygens (including phenoxy) is 4. The predicted molar refractivity (Wildman–Crippen MR) is 121 cm³/mol. The lowest BCUT2D eigenvalue weighted by Crippen LogP contribution is -2.40. The summed E-state index contributed by atoms with van der Waals surface area (Å²) in [5.41, 5.74) is 1.57. The van der Waals surface area contributed by atoms with E-state index >= 15 is 0 Å². The van der Waals surface area contributed by atoms with E-state index in [0.29, 0.717) is 40.9 Å². The number of benzene rings is 2. The van der Waals surface area contributed by atoms with Gasteiger partial charge in [-0.1, -0.05) is 49.3 Å². The van der Waals surface area contributed by atoms with Crippen molar-refractivity contribution in [3.8, 4) is 28.6 Å². The molecular weight excluding hydrogens is 426 g/mol. The minimum atomic E-state index is -0.498.